The van der Waals surface area contributed by atoms with E-state index in [0.29, 0.717) is 23.5 Å². The third-order valence-corrected chi connectivity index (χ3v) is 4.30. The summed E-state index contributed by atoms with van der Waals surface area (Å²) in [6, 6.07) is 5.10. The molecule has 0 heterocycles. The van der Waals surface area contributed by atoms with Crippen LogP contribution in [0.1, 0.15) is 29.6 Å². The number of rotatable bonds is 5. The molecule has 1 fully saturated rings. The first-order valence-electron chi connectivity index (χ1n) is 6.88. The van der Waals surface area contributed by atoms with Gasteiger partial charge < -0.3 is 20.7 Å². The van der Waals surface area contributed by atoms with Crippen LogP contribution in [0.25, 0.3) is 0 Å². The average Bonchev–Trinajstić information content (AvgIpc) is 2.36. The molecule has 1 aromatic rings. The predicted octanol–water partition coefficient (Wildman–Crippen LogP) is 1.49. The van der Waals surface area contributed by atoms with Gasteiger partial charge in [0.1, 0.15) is 5.75 Å². The Morgan fingerprint density at radius 1 is 1.45 bits per heavy atom. The Balaban J connectivity index is 2.00. The number of hydrogen-bond acceptors (Lipinski definition) is 4. The van der Waals surface area contributed by atoms with Gasteiger partial charge in [-0.1, -0.05) is 0 Å². The van der Waals surface area contributed by atoms with E-state index in [1.54, 1.807) is 25.3 Å². The molecule has 2 rings (SSSR count). The van der Waals surface area contributed by atoms with Gasteiger partial charge in [-0.2, -0.15) is 0 Å². The maximum atomic E-state index is 12.2. The van der Waals surface area contributed by atoms with Gasteiger partial charge in [-0.3, -0.25) is 4.79 Å². The highest BCUT2D eigenvalue weighted by atomic mass is 16.5. The minimum Gasteiger partial charge on any atom is -0.495 e. The smallest absolute Gasteiger partial charge is 0.251 e. The zero-order valence-corrected chi connectivity index (χ0v) is 12.4. The summed E-state index contributed by atoms with van der Waals surface area (Å²) in [6.45, 7) is 0.671. The summed E-state index contributed by atoms with van der Waals surface area (Å²) in [7, 11) is 5.69. The number of carbonyl (C=O) groups excluding carboxylic acids is 1. The fourth-order valence-corrected chi connectivity index (χ4v) is 2.59. The number of benzene rings is 1. The number of nitrogens with one attached hydrogen (secondary N) is 1. The molecular weight excluding hydrogens is 254 g/mol. The minimum absolute atomic E-state index is 0.0903. The Morgan fingerprint density at radius 2 is 2.15 bits per heavy atom. The van der Waals surface area contributed by atoms with Crippen molar-refractivity contribution < 1.29 is 9.53 Å². The van der Waals surface area contributed by atoms with Gasteiger partial charge in [0.15, 0.2) is 0 Å². The van der Waals surface area contributed by atoms with Gasteiger partial charge in [0, 0.05) is 17.6 Å². The van der Waals surface area contributed by atoms with Crippen LogP contribution in [0, 0.1) is 0 Å². The molecule has 3 N–H and O–H groups in total. The van der Waals surface area contributed by atoms with Gasteiger partial charge in [0.25, 0.3) is 5.91 Å². The molecule has 0 spiro atoms. The van der Waals surface area contributed by atoms with Gasteiger partial charge in [-0.05, 0) is 51.6 Å². The first kappa shape index (κ1) is 14.7. The standard InChI is InChI=1S/C15H23N3O2/c1-18(2)15(7-4-8-15)10-17-14(19)11-5-6-13(20-3)12(16)9-11/h5-6,9H,4,7-8,10,16H2,1-3H3,(H,17,19). The number of nitrogens with zero attached hydrogens (tertiary/aromatic N) is 1. The maximum Gasteiger partial charge on any atom is 0.251 e. The van der Waals surface area contributed by atoms with Crippen LogP contribution in [0.15, 0.2) is 18.2 Å². The molecule has 0 radical (unpaired) electrons. The lowest BCUT2D eigenvalue weighted by atomic mass is 9.75. The number of nitrogens with two attached hydrogens (primary N) is 1. The molecule has 110 valence electrons. The van der Waals surface area contributed by atoms with Crippen molar-refractivity contribution in [3.8, 4) is 5.75 Å². The normalized spacial score (nSPS) is 16.6. The van der Waals surface area contributed by atoms with E-state index in [1.807, 2.05) is 0 Å². The molecule has 20 heavy (non-hydrogen) atoms. The lowest BCUT2D eigenvalue weighted by molar-refractivity contribution is 0.0557. The molecule has 1 aliphatic rings. The fraction of sp³-hybridized carbons (Fsp3) is 0.533. The first-order valence-corrected chi connectivity index (χ1v) is 6.88. The van der Waals surface area contributed by atoms with E-state index in [0.717, 1.165) is 12.8 Å². The Hall–Kier alpha value is -1.75. The largest absolute Gasteiger partial charge is 0.495 e. The van der Waals surface area contributed by atoms with E-state index < -0.39 is 0 Å². The zero-order chi connectivity index (χ0) is 14.8. The summed E-state index contributed by atoms with van der Waals surface area (Å²) in [6.07, 6.45) is 3.49. The van der Waals surface area contributed by atoms with Crippen LogP contribution < -0.4 is 15.8 Å². The highest BCUT2D eigenvalue weighted by Crippen LogP contribution is 2.35. The second kappa shape index (κ2) is 5.71. The molecule has 0 aromatic heterocycles. The third-order valence-electron chi connectivity index (χ3n) is 4.30. The van der Waals surface area contributed by atoms with Crippen LogP contribution in [0.3, 0.4) is 0 Å². The second-order valence-electron chi connectivity index (χ2n) is 5.61. The van der Waals surface area contributed by atoms with Crippen LogP contribution in [-0.2, 0) is 0 Å². The number of carbonyl (C=O) groups is 1. The molecule has 0 bridgehead atoms. The van der Waals surface area contributed by atoms with Gasteiger partial charge >= 0.3 is 0 Å². The van der Waals surface area contributed by atoms with Crippen molar-refractivity contribution in [3.63, 3.8) is 0 Å². The van der Waals surface area contributed by atoms with E-state index >= 15 is 0 Å². The highest BCUT2D eigenvalue weighted by molar-refractivity contribution is 5.95. The first-order chi connectivity index (χ1) is 9.48. The van der Waals surface area contributed by atoms with E-state index in [2.05, 4.69) is 24.3 Å². The Kier molecular flexibility index (Phi) is 4.18. The van der Waals surface area contributed by atoms with Crippen molar-refractivity contribution in [3.05, 3.63) is 23.8 Å². The molecule has 0 unspecified atom stereocenters. The van der Waals surface area contributed by atoms with E-state index in [1.165, 1.54) is 6.42 Å². The van der Waals surface area contributed by atoms with Crippen molar-refractivity contribution in [1.82, 2.24) is 10.2 Å². The van der Waals surface area contributed by atoms with Crippen molar-refractivity contribution >= 4 is 11.6 Å². The van der Waals surface area contributed by atoms with E-state index in [9.17, 15) is 4.79 Å². The molecule has 0 atom stereocenters. The van der Waals surface area contributed by atoms with Crippen molar-refractivity contribution in [1.29, 1.82) is 0 Å². The number of ether oxygens (including phenoxy) is 1. The molecule has 0 saturated heterocycles. The lowest BCUT2D eigenvalue weighted by Crippen LogP contribution is -2.57. The second-order valence-corrected chi connectivity index (χ2v) is 5.61. The molecule has 5 heteroatoms. The van der Waals surface area contributed by atoms with Gasteiger partial charge in [-0.25, -0.2) is 0 Å². The predicted molar refractivity (Wildman–Crippen MR) is 80.0 cm³/mol. The monoisotopic (exact) mass is 277 g/mol. The lowest BCUT2D eigenvalue weighted by Gasteiger charge is -2.47. The Labute approximate surface area is 120 Å². The van der Waals surface area contributed by atoms with Crippen LogP contribution in [0.2, 0.25) is 0 Å². The third kappa shape index (κ3) is 2.72. The molecule has 5 nitrogen and oxygen atoms in total. The molecule has 1 aliphatic carbocycles. The van der Waals surface area contributed by atoms with Gasteiger partial charge in [0.05, 0.1) is 12.8 Å². The van der Waals surface area contributed by atoms with Crippen molar-refractivity contribution in [2.45, 2.75) is 24.8 Å². The Bertz CT molecular complexity index is 496. The van der Waals surface area contributed by atoms with Crippen LogP contribution in [0.4, 0.5) is 5.69 Å². The van der Waals surface area contributed by atoms with Crippen molar-refractivity contribution in [2.24, 2.45) is 0 Å². The number of nitrogen functional groups attached to an aromatic ring is 1. The fourth-order valence-electron chi connectivity index (χ4n) is 2.59. The summed E-state index contributed by atoms with van der Waals surface area (Å²) in [4.78, 5) is 14.4. The van der Waals surface area contributed by atoms with Gasteiger partial charge in [-0.15, -0.1) is 0 Å². The molecular formula is C15H23N3O2. The summed E-state index contributed by atoms with van der Waals surface area (Å²) >= 11 is 0. The summed E-state index contributed by atoms with van der Waals surface area (Å²) < 4.78 is 5.09. The molecule has 1 aromatic carbocycles. The molecule has 0 aliphatic heterocycles. The number of hydrogen-bond donors (Lipinski definition) is 2. The summed E-state index contributed by atoms with van der Waals surface area (Å²) in [5.41, 5.74) is 6.99. The van der Waals surface area contributed by atoms with E-state index in [-0.39, 0.29) is 11.4 Å². The van der Waals surface area contributed by atoms with Gasteiger partial charge in [0.2, 0.25) is 0 Å². The van der Waals surface area contributed by atoms with Crippen molar-refractivity contribution in [2.75, 3.05) is 33.5 Å². The Morgan fingerprint density at radius 3 is 2.60 bits per heavy atom. The van der Waals surface area contributed by atoms with E-state index in [4.69, 9.17) is 10.5 Å². The number of amides is 1. The zero-order valence-electron chi connectivity index (χ0n) is 12.4. The minimum atomic E-state index is -0.0903. The average molecular weight is 277 g/mol. The van der Waals surface area contributed by atoms with Crippen LogP contribution >= 0.6 is 0 Å². The van der Waals surface area contributed by atoms with Crippen LogP contribution in [0.5, 0.6) is 5.75 Å². The molecule has 1 saturated carbocycles. The number of methoxy groups -OCH3 is 1. The number of likely N-dealkylation sites (N-methyl/N-ethyl adjacent to an activating group) is 1. The quantitative estimate of drug-likeness (QED) is 0.800. The summed E-state index contributed by atoms with van der Waals surface area (Å²) in [5.74, 6) is 0.498. The molecule has 1 amide bonds. The number of anilines is 1. The topological polar surface area (TPSA) is 67.6 Å². The maximum absolute atomic E-state index is 12.2. The van der Waals surface area contributed by atoms with Crippen LogP contribution in [-0.4, -0.2) is 44.1 Å². The highest BCUT2D eigenvalue weighted by Gasteiger charge is 2.39. The SMILES string of the molecule is COc1ccc(C(=O)NCC2(N(C)C)CCC2)cc1N. The summed E-state index contributed by atoms with van der Waals surface area (Å²) in [5, 5.41) is 3.01.